The van der Waals surface area contributed by atoms with Crippen LogP contribution in [0.2, 0.25) is 0 Å². The molecule has 0 bridgehead atoms. The van der Waals surface area contributed by atoms with Gasteiger partial charge in [0.1, 0.15) is 9.84 Å². The number of hydrogen-bond acceptors (Lipinski definition) is 3. The van der Waals surface area contributed by atoms with E-state index in [1.54, 1.807) is 0 Å². The van der Waals surface area contributed by atoms with Gasteiger partial charge in [0.25, 0.3) is 5.91 Å². The van der Waals surface area contributed by atoms with Crippen LogP contribution in [0.25, 0.3) is 0 Å². The average molecular weight is 374 g/mol. The van der Waals surface area contributed by atoms with Gasteiger partial charge in [0.15, 0.2) is 0 Å². The van der Waals surface area contributed by atoms with E-state index >= 15 is 0 Å². The summed E-state index contributed by atoms with van der Waals surface area (Å²) in [5.74, 6) is -1.03. The number of carbonyl (C=O) groups excluding carboxylic acids is 1. The van der Waals surface area contributed by atoms with Crippen molar-refractivity contribution in [1.82, 2.24) is 5.32 Å². The Bertz CT molecular complexity index is 614. The normalized spacial score (nSPS) is 12.2. The van der Waals surface area contributed by atoms with Crippen molar-refractivity contribution >= 4 is 31.7 Å². The van der Waals surface area contributed by atoms with Crippen LogP contribution in [0.1, 0.15) is 15.9 Å². The fraction of sp³-hybridized carbons (Fsp3) is 0.364. The van der Waals surface area contributed by atoms with Gasteiger partial charge in [-0.1, -0.05) is 15.9 Å². The lowest BCUT2D eigenvalue weighted by Gasteiger charge is -2.11. The van der Waals surface area contributed by atoms with E-state index in [0.29, 0.717) is 6.07 Å². The van der Waals surface area contributed by atoms with Gasteiger partial charge < -0.3 is 5.32 Å². The van der Waals surface area contributed by atoms with E-state index in [1.165, 1.54) is 6.07 Å². The molecule has 1 amide bonds. The topological polar surface area (TPSA) is 63.2 Å². The van der Waals surface area contributed by atoms with E-state index in [2.05, 4.69) is 21.2 Å². The molecule has 1 aromatic rings. The minimum absolute atomic E-state index is 0.158. The molecule has 0 radical (unpaired) electrons. The number of benzene rings is 1. The maximum atomic E-state index is 12.7. The molecule has 0 aromatic heterocycles. The average Bonchev–Trinajstić information content (AvgIpc) is 2.26. The number of hydrogen-bond donors (Lipinski definition) is 1. The van der Waals surface area contributed by atoms with Crippen molar-refractivity contribution in [3.8, 4) is 0 Å². The van der Waals surface area contributed by atoms with Crippen LogP contribution in [0.4, 0.5) is 13.2 Å². The molecule has 1 rings (SSSR count). The molecular weight excluding hydrogens is 363 g/mol. The lowest BCUT2D eigenvalue weighted by atomic mass is 10.1. The molecule has 0 unspecified atom stereocenters. The fourth-order valence-corrected chi connectivity index (χ4v) is 2.28. The second-order valence-corrected chi connectivity index (χ2v) is 7.19. The molecule has 0 aliphatic heterocycles. The third kappa shape index (κ3) is 5.12. The number of carbonyl (C=O) groups is 1. The lowest BCUT2D eigenvalue weighted by molar-refractivity contribution is -0.138. The third-order valence-electron chi connectivity index (χ3n) is 2.29. The maximum Gasteiger partial charge on any atom is 0.417 e. The highest BCUT2D eigenvalue weighted by molar-refractivity contribution is 9.10. The summed E-state index contributed by atoms with van der Waals surface area (Å²) in [6.07, 6.45) is -3.58. The van der Waals surface area contributed by atoms with Crippen LogP contribution in [-0.2, 0) is 16.0 Å². The molecular formula is C11H11BrF3NO3S. The van der Waals surface area contributed by atoms with Crippen LogP contribution in [0, 0.1) is 0 Å². The Morgan fingerprint density at radius 3 is 2.45 bits per heavy atom. The van der Waals surface area contributed by atoms with Crippen LogP contribution in [0.15, 0.2) is 22.7 Å². The Balaban J connectivity index is 2.85. The molecule has 0 heterocycles. The minimum Gasteiger partial charge on any atom is -0.351 e. The van der Waals surface area contributed by atoms with E-state index in [-0.39, 0.29) is 22.3 Å². The lowest BCUT2D eigenvalue weighted by Crippen LogP contribution is -2.29. The zero-order valence-electron chi connectivity index (χ0n) is 10.3. The Labute approximate surface area is 122 Å². The van der Waals surface area contributed by atoms with Crippen molar-refractivity contribution in [1.29, 1.82) is 0 Å². The van der Waals surface area contributed by atoms with Crippen molar-refractivity contribution < 1.29 is 26.4 Å². The first-order valence-electron chi connectivity index (χ1n) is 5.33. The summed E-state index contributed by atoms with van der Waals surface area (Å²) >= 11 is 2.76. The van der Waals surface area contributed by atoms with Gasteiger partial charge in [0.05, 0.1) is 11.3 Å². The number of alkyl halides is 3. The number of rotatable bonds is 4. The van der Waals surface area contributed by atoms with Crippen LogP contribution in [0.5, 0.6) is 0 Å². The molecule has 0 aliphatic rings. The van der Waals surface area contributed by atoms with Gasteiger partial charge >= 0.3 is 6.18 Å². The van der Waals surface area contributed by atoms with Gasteiger partial charge in [-0.15, -0.1) is 0 Å². The molecule has 20 heavy (non-hydrogen) atoms. The predicted octanol–water partition coefficient (Wildman–Crippen LogP) is 2.24. The largest absolute Gasteiger partial charge is 0.417 e. The number of sulfone groups is 1. The number of nitrogens with one attached hydrogen (secondary N) is 1. The molecule has 1 N–H and O–H groups in total. The maximum absolute atomic E-state index is 12.7. The Kier molecular flexibility index (Phi) is 5.20. The number of halogens is 4. The second-order valence-electron chi connectivity index (χ2n) is 4.08. The van der Waals surface area contributed by atoms with Gasteiger partial charge in [-0.05, 0) is 18.2 Å². The first kappa shape index (κ1) is 17.0. The van der Waals surface area contributed by atoms with E-state index in [9.17, 15) is 26.4 Å². The Hall–Kier alpha value is -1.09. The highest BCUT2D eigenvalue weighted by atomic mass is 79.9. The standard InChI is InChI=1S/C11H11BrF3NO3S/c1-20(18,19)5-4-16-10(17)7-2-3-9(12)8(6-7)11(13,14)15/h2-3,6H,4-5H2,1H3,(H,16,17). The zero-order chi connectivity index (χ0) is 15.6. The number of amides is 1. The predicted molar refractivity (Wildman–Crippen MR) is 71.2 cm³/mol. The minimum atomic E-state index is -4.58. The molecule has 1 aromatic carbocycles. The van der Waals surface area contributed by atoms with Crippen LogP contribution in [-0.4, -0.2) is 32.9 Å². The molecule has 0 spiro atoms. The van der Waals surface area contributed by atoms with E-state index in [1.807, 2.05) is 0 Å². The Morgan fingerprint density at radius 1 is 1.35 bits per heavy atom. The highest BCUT2D eigenvalue weighted by Gasteiger charge is 2.33. The smallest absolute Gasteiger partial charge is 0.351 e. The fourth-order valence-electron chi connectivity index (χ4n) is 1.34. The Morgan fingerprint density at radius 2 is 1.95 bits per heavy atom. The molecule has 9 heteroatoms. The first-order valence-corrected chi connectivity index (χ1v) is 8.19. The first-order chi connectivity index (χ1) is 9.00. The summed E-state index contributed by atoms with van der Waals surface area (Å²) in [5.41, 5.74) is -1.15. The van der Waals surface area contributed by atoms with Gasteiger partial charge in [-0.25, -0.2) is 8.42 Å². The molecule has 0 atom stereocenters. The second kappa shape index (κ2) is 6.13. The summed E-state index contributed by atoms with van der Waals surface area (Å²) in [5, 5.41) is 2.25. The van der Waals surface area contributed by atoms with Crippen LogP contribution >= 0.6 is 15.9 Å². The molecule has 112 valence electrons. The SMILES string of the molecule is CS(=O)(=O)CCNC(=O)c1ccc(Br)c(C(F)(F)F)c1. The molecule has 0 saturated carbocycles. The van der Waals surface area contributed by atoms with Crippen molar-refractivity contribution in [2.24, 2.45) is 0 Å². The van der Waals surface area contributed by atoms with Gasteiger partial charge in [0, 0.05) is 22.8 Å². The van der Waals surface area contributed by atoms with Crippen molar-refractivity contribution in [2.45, 2.75) is 6.18 Å². The van der Waals surface area contributed by atoms with E-state index in [4.69, 9.17) is 0 Å². The van der Waals surface area contributed by atoms with Crippen LogP contribution in [0.3, 0.4) is 0 Å². The summed E-state index contributed by atoms with van der Waals surface area (Å²) in [7, 11) is -3.24. The van der Waals surface area contributed by atoms with Crippen molar-refractivity contribution in [3.05, 3.63) is 33.8 Å². The van der Waals surface area contributed by atoms with Crippen molar-refractivity contribution in [2.75, 3.05) is 18.6 Å². The van der Waals surface area contributed by atoms with E-state index < -0.39 is 27.5 Å². The monoisotopic (exact) mass is 373 g/mol. The van der Waals surface area contributed by atoms with E-state index in [0.717, 1.165) is 12.3 Å². The molecule has 4 nitrogen and oxygen atoms in total. The summed E-state index contributed by atoms with van der Waals surface area (Å²) in [4.78, 5) is 11.6. The molecule has 0 fully saturated rings. The molecule has 0 aliphatic carbocycles. The summed E-state index contributed by atoms with van der Waals surface area (Å²) < 4.78 is 59.6. The highest BCUT2D eigenvalue weighted by Crippen LogP contribution is 2.35. The quantitative estimate of drug-likeness (QED) is 0.880. The summed E-state index contributed by atoms with van der Waals surface area (Å²) in [6, 6.07) is 3.04. The van der Waals surface area contributed by atoms with Gasteiger partial charge in [-0.3, -0.25) is 4.79 Å². The zero-order valence-corrected chi connectivity index (χ0v) is 12.7. The van der Waals surface area contributed by atoms with Crippen LogP contribution < -0.4 is 5.32 Å². The van der Waals surface area contributed by atoms with Crippen molar-refractivity contribution in [3.63, 3.8) is 0 Å². The third-order valence-corrected chi connectivity index (χ3v) is 3.93. The molecule has 0 saturated heterocycles. The summed E-state index contributed by atoms with van der Waals surface area (Å²) in [6.45, 7) is -0.158. The van der Waals surface area contributed by atoms with Gasteiger partial charge in [-0.2, -0.15) is 13.2 Å². The van der Waals surface area contributed by atoms with Gasteiger partial charge in [0.2, 0.25) is 0 Å².